The summed E-state index contributed by atoms with van der Waals surface area (Å²) in [5, 5.41) is 3.12. The fourth-order valence-corrected chi connectivity index (χ4v) is 2.91. The third-order valence-corrected chi connectivity index (χ3v) is 4.52. The fourth-order valence-electron chi connectivity index (χ4n) is 2.91. The van der Waals surface area contributed by atoms with Crippen molar-refractivity contribution in [3.63, 3.8) is 0 Å². The topological polar surface area (TPSA) is 58.4 Å². The Kier molecular flexibility index (Phi) is 5.81. The second kappa shape index (κ2) is 6.71. The molecule has 0 radical (unpaired) electrons. The van der Waals surface area contributed by atoms with Crippen molar-refractivity contribution in [2.75, 3.05) is 20.6 Å². The summed E-state index contributed by atoms with van der Waals surface area (Å²) in [5.74, 6) is 0.765. The van der Waals surface area contributed by atoms with Crippen molar-refractivity contribution >= 4 is 5.91 Å². The molecule has 0 aromatic rings. The molecule has 4 nitrogen and oxygen atoms in total. The summed E-state index contributed by atoms with van der Waals surface area (Å²) in [6, 6.07) is 0.403. The molecule has 1 aliphatic rings. The summed E-state index contributed by atoms with van der Waals surface area (Å²) in [4.78, 5) is 14.6. The molecule has 0 heterocycles. The van der Waals surface area contributed by atoms with Crippen molar-refractivity contribution in [2.45, 2.75) is 58.5 Å². The number of rotatable bonds is 6. The standard InChI is InChI=1S/C15H31N3O/c1-11(2)9-12(18(4)5)10-17-14(19)15(3)8-6-7-13(15)16/h11-13H,6-10,16H2,1-5H3,(H,17,19). The number of hydrogen-bond donors (Lipinski definition) is 2. The predicted molar refractivity (Wildman–Crippen MR) is 79.9 cm³/mol. The van der Waals surface area contributed by atoms with Crippen LogP contribution in [0.2, 0.25) is 0 Å². The Bertz CT molecular complexity index is 304. The Balaban J connectivity index is 2.52. The van der Waals surface area contributed by atoms with Crippen LogP contribution in [-0.2, 0) is 4.79 Å². The Labute approximate surface area is 118 Å². The van der Waals surface area contributed by atoms with Crippen LogP contribution >= 0.6 is 0 Å². The molecule has 112 valence electrons. The molecular formula is C15H31N3O. The van der Waals surface area contributed by atoms with E-state index in [9.17, 15) is 4.79 Å². The van der Waals surface area contributed by atoms with E-state index in [0.717, 1.165) is 25.7 Å². The van der Waals surface area contributed by atoms with Gasteiger partial charge in [0, 0.05) is 18.6 Å². The first-order valence-electron chi connectivity index (χ1n) is 7.47. The predicted octanol–water partition coefficient (Wildman–Crippen LogP) is 1.60. The van der Waals surface area contributed by atoms with Crippen LogP contribution in [0, 0.1) is 11.3 Å². The average molecular weight is 269 g/mol. The number of amides is 1. The normalized spacial score (nSPS) is 28.9. The summed E-state index contributed by atoms with van der Waals surface area (Å²) >= 11 is 0. The molecule has 0 spiro atoms. The van der Waals surface area contributed by atoms with E-state index in [-0.39, 0.29) is 17.4 Å². The number of carbonyl (C=O) groups is 1. The Morgan fingerprint density at radius 2 is 2.11 bits per heavy atom. The molecular weight excluding hydrogens is 238 g/mol. The monoisotopic (exact) mass is 269 g/mol. The highest BCUT2D eigenvalue weighted by Crippen LogP contribution is 2.36. The number of likely N-dealkylation sites (N-methyl/N-ethyl adjacent to an activating group) is 1. The summed E-state index contributed by atoms with van der Waals surface area (Å²) in [6.07, 6.45) is 4.04. The van der Waals surface area contributed by atoms with Gasteiger partial charge in [0.05, 0.1) is 5.41 Å². The van der Waals surface area contributed by atoms with E-state index in [4.69, 9.17) is 5.73 Å². The van der Waals surface area contributed by atoms with Crippen LogP contribution in [-0.4, -0.2) is 43.5 Å². The van der Waals surface area contributed by atoms with Crippen molar-refractivity contribution in [1.82, 2.24) is 10.2 Å². The van der Waals surface area contributed by atoms with Gasteiger partial charge in [0.15, 0.2) is 0 Å². The summed E-state index contributed by atoms with van der Waals surface area (Å²) in [5.41, 5.74) is 5.72. The van der Waals surface area contributed by atoms with Crippen molar-refractivity contribution in [3.8, 4) is 0 Å². The molecule has 0 aromatic heterocycles. The second-order valence-corrected chi connectivity index (χ2v) is 6.87. The third kappa shape index (κ3) is 4.18. The van der Waals surface area contributed by atoms with Crippen LogP contribution in [0.15, 0.2) is 0 Å². The molecule has 1 rings (SSSR count). The molecule has 4 heteroatoms. The molecule has 1 fully saturated rings. The second-order valence-electron chi connectivity index (χ2n) is 6.87. The van der Waals surface area contributed by atoms with Crippen molar-refractivity contribution in [1.29, 1.82) is 0 Å². The maximum atomic E-state index is 12.4. The molecule has 1 amide bonds. The molecule has 1 saturated carbocycles. The van der Waals surface area contributed by atoms with Crippen LogP contribution in [0.3, 0.4) is 0 Å². The van der Waals surface area contributed by atoms with E-state index in [0.29, 0.717) is 18.5 Å². The number of carbonyl (C=O) groups excluding carboxylic acids is 1. The van der Waals surface area contributed by atoms with Crippen LogP contribution in [0.25, 0.3) is 0 Å². The number of hydrogen-bond acceptors (Lipinski definition) is 3. The summed E-state index contributed by atoms with van der Waals surface area (Å²) in [7, 11) is 4.14. The van der Waals surface area contributed by atoms with Crippen molar-refractivity contribution in [3.05, 3.63) is 0 Å². The lowest BCUT2D eigenvalue weighted by Crippen LogP contribution is -2.50. The molecule has 0 aliphatic heterocycles. The molecule has 0 saturated heterocycles. The number of nitrogens with zero attached hydrogens (tertiary/aromatic N) is 1. The third-order valence-electron chi connectivity index (χ3n) is 4.52. The molecule has 3 unspecified atom stereocenters. The van der Waals surface area contributed by atoms with Gasteiger partial charge in [-0.1, -0.05) is 20.3 Å². The number of nitrogens with two attached hydrogens (primary N) is 1. The smallest absolute Gasteiger partial charge is 0.227 e. The average Bonchev–Trinajstić information content (AvgIpc) is 2.65. The van der Waals surface area contributed by atoms with Crippen LogP contribution in [0.1, 0.15) is 46.5 Å². The Morgan fingerprint density at radius 1 is 1.47 bits per heavy atom. The molecule has 0 aromatic carbocycles. The van der Waals surface area contributed by atoms with Gasteiger partial charge in [-0.25, -0.2) is 0 Å². The van der Waals surface area contributed by atoms with E-state index in [1.165, 1.54) is 0 Å². The van der Waals surface area contributed by atoms with Gasteiger partial charge in [-0.05, 0) is 46.2 Å². The molecule has 3 N–H and O–H groups in total. The SMILES string of the molecule is CC(C)CC(CNC(=O)C1(C)CCCC1N)N(C)C. The lowest BCUT2D eigenvalue weighted by Gasteiger charge is -2.31. The van der Waals surface area contributed by atoms with E-state index in [2.05, 4.69) is 38.2 Å². The maximum Gasteiger partial charge on any atom is 0.227 e. The zero-order valence-corrected chi connectivity index (χ0v) is 13.2. The van der Waals surface area contributed by atoms with Gasteiger partial charge in [-0.15, -0.1) is 0 Å². The first-order valence-corrected chi connectivity index (χ1v) is 7.47. The Hall–Kier alpha value is -0.610. The van der Waals surface area contributed by atoms with Crippen molar-refractivity contribution in [2.24, 2.45) is 17.1 Å². The van der Waals surface area contributed by atoms with E-state index >= 15 is 0 Å². The molecule has 0 bridgehead atoms. The van der Waals surface area contributed by atoms with E-state index < -0.39 is 0 Å². The first kappa shape index (κ1) is 16.4. The van der Waals surface area contributed by atoms with Gasteiger partial charge in [0.25, 0.3) is 0 Å². The summed E-state index contributed by atoms with van der Waals surface area (Å²) < 4.78 is 0. The van der Waals surface area contributed by atoms with Crippen LogP contribution in [0.4, 0.5) is 0 Å². The van der Waals surface area contributed by atoms with Gasteiger partial charge in [0.1, 0.15) is 0 Å². The van der Waals surface area contributed by atoms with Gasteiger partial charge >= 0.3 is 0 Å². The minimum Gasteiger partial charge on any atom is -0.354 e. The number of nitrogens with one attached hydrogen (secondary N) is 1. The van der Waals surface area contributed by atoms with Crippen LogP contribution < -0.4 is 11.1 Å². The molecule has 3 atom stereocenters. The van der Waals surface area contributed by atoms with Gasteiger partial charge < -0.3 is 16.0 Å². The quantitative estimate of drug-likeness (QED) is 0.770. The van der Waals surface area contributed by atoms with E-state index in [1.807, 2.05) is 6.92 Å². The maximum absolute atomic E-state index is 12.4. The first-order chi connectivity index (χ1) is 8.77. The fraction of sp³-hybridized carbons (Fsp3) is 0.933. The minimum atomic E-state index is -0.366. The highest BCUT2D eigenvalue weighted by Gasteiger charge is 2.42. The largest absolute Gasteiger partial charge is 0.354 e. The highest BCUT2D eigenvalue weighted by atomic mass is 16.2. The molecule has 19 heavy (non-hydrogen) atoms. The van der Waals surface area contributed by atoms with Gasteiger partial charge in [-0.3, -0.25) is 4.79 Å². The molecule has 1 aliphatic carbocycles. The van der Waals surface area contributed by atoms with Crippen LogP contribution in [0.5, 0.6) is 0 Å². The lowest BCUT2D eigenvalue weighted by atomic mass is 9.84. The van der Waals surface area contributed by atoms with E-state index in [1.54, 1.807) is 0 Å². The zero-order valence-electron chi connectivity index (χ0n) is 13.2. The highest BCUT2D eigenvalue weighted by molar-refractivity contribution is 5.83. The summed E-state index contributed by atoms with van der Waals surface area (Å²) in [6.45, 7) is 7.15. The zero-order chi connectivity index (χ0) is 14.6. The Morgan fingerprint density at radius 3 is 2.53 bits per heavy atom. The van der Waals surface area contributed by atoms with Crippen molar-refractivity contribution < 1.29 is 4.79 Å². The van der Waals surface area contributed by atoms with Gasteiger partial charge in [0.2, 0.25) is 5.91 Å². The lowest BCUT2D eigenvalue weighted by molar-refractivity contribution is -0.130. The minimum absolute atomic E-state index is 0.00963. The van der Waals surface area contributed by atoms with Gasteiger partial charge in [-0.2, -0.15) is 0 Å².